The molecule has 2 rings (SSSR count). The zero-order valence-corrected chi connectivity index (χ0v) is 16.6. The van der Waals surface area contributed by atoms with Crippen LogP contribution in [0.2, 0.25) is 5.02 Å². The minimum atomic E-state index is -4.60. The molecule has 0 heterocycles. The zero-order chi connectivity index (χ0) is 22.3. The first-order valence-electron chi connectivity index (χ1n) is 8.63. The highest BCUT2D eigenvalue weighted by atomic mass is 35.5. The average molecular weight is 433 g/mol. The van der Waals surface area contributed by atoms with Gasteiger partial charge in [-0.15, -0.1) is 0 Å². The van der Waals surface area contributed by atoms with Crippen molar-refractivity contribution in [3.05, 3.63) is 64.2 Å². The molecule has 0 aliphatic rings. The monoisotopic (exact) mass is 432 g/mol. The number of nitrogens with zero attached hydrogens (tertiary/aromatic N) is 3. The van der Waals surface area contributed by atoms with E-state index in [2.05, 4.69) is 11.4 Å². The fourth-order valence-corrected chi connectivity index (χ4v) is 2.64. The molecule has 0 bridgehead atoms. The van der Waals surface area contributed by atoms with Gasteiger partial charge in [0, 0.05) is 19.3 Å². The van der Waals surface area contributed by atoms with Crippen molar-refractivity contribution in [2.24, 2.45) is 0 Å². The molecular weight excluding hydrogens is 417 g/mol. The lowest BCUT2D eigenvalue weighted by Crippen LogP contribution is -2.17. The summed E-state index contributed by atoms with van der Waals surface area (Å²) in [5, 5.41) is 20.1. The van der Waals surface area contributed by atoms with E-state index in [1.54, 1.807) is 30.3 Å². The van der Waals surface area contributed by atoms with E-state index < -0.39 is 17.6 Å². The summed E-state index contributed by atoms with van der Waals surface area (Å²) in [6.07, 6.45) is -2.91. The molecule has 1 amide bonds. The van der Waals surface area contributed by atoms with Crippen molar-refractivity contribution in [3.8, 4) is 12.1 Å². The number of nitriles is 2. The predicted molar refractivity (Wildman–Crippen MR) is 109 cm³/mol. The Morgan fingerprint density at radius 3 is 2.43 bits per heavy atom. The second-order valence-electron chi connectivity index (χ2n) is 6.24. The third-order valence-corrected chi connectivity index (χ3v) is 4.44. The number of alkyl halides is 3. The maximum absolute atomic E-state index is 12.9. The molecule has 0 unspecified atom stereocenters. The van der Waals surface area contributed by atoms with Crippen molar-refractivity contribution in [3.63, 3.8) is 0 Å². The lowest BCUT2D eigenvalue weighted by atomic mass is 10.1. The Morgan fingerprint density at radius 2 is 1.87 bits per heavy atom. The summed E-state index contributed by atoms with van der Waals surface area (Å²) in [4.78, 5) is 14.3. The van der Waals surface area contributed by atoms with E-state index in [4.69, 9.17) is 16.9 Å². The Kier molecular flexibility index (Phi) is 7.46. The minimum Gasteiger partial charge on any atom is -0.374 e. The maximum Gasteiger partial charge on any atom is 0.416 e. The van der Waals surface area contributed by atoms with Gasteiger partial charge in [0.05, 0.1) is 28.8 Å². The number of rotatable bonds is 6. The fraction of sp³-hybridized carbons (Fsp3) is 0.190. The smallest absolute Gasteiger partial charge is 0.374 e. The highest BCUT2D eigenvalue weighted by Gasteiger charge is 2.31. The van der Waals surface area contributed by atoms with Crippen molar-refractivity contribution >= 4 is 35.0 Å². The third kappa shape index (κ3) is 6.00. The van der Waals surface area contributed by atoms with Crippen LogP contribution in [-0.4, -0.2) is 19.5 Å². The molecule has 0 aromatic heterocycles. The van der Waals surface area contributed by atoms with Gasteiger partial charge in [0.15, 0.2) is 0 Å². The van der Waals surface area contributed by atoms with Gasteiger partial charge in [0.2, 0.25) is 0 Å². The first-order valence-corrected chi connectivity index (χ1v) is 9.01. The Labute approximate surface area is 176 Å². The maximum atomic E-state index is 12.9. The summed E-state index contributed by atoms with van der Waals surface area (Å²) in [6, 6.07) is 13.2. The van der Waals surface area contributed by atoms with E-state index in [1.165, 1.54) is 6.08 Å². The third-order valence-electron chi connectivity index (χ3n) is 4.11. The number of carbonyl (C=O) groups is 1. The average Bonchev–Trinajstić information content (AvgIpc) is 2.71. The largest absolute Gasteiger partial charge is 0.416 e. The number of halogens is 4. The van der Waals surface area contributed by atoms with Crippen LogP contribution < -0.4 is 10.2 Å². The van der Waals surface area contributed by atoms with Gasteiger partial charge < -0.3 is 10.2 Å². The van der Waals surface area contributed by atoms with Crippen LogP contribution in [0.25, 0.3) is 6.08 Å². The fourth-order valence-electron chi connectivity index (χ4n) is 2.47. The molecular formula is C21H16ClF3N4O. The molecule has 0 saturated heterocycles. The molecule has 0 saturated carbocycles. The summed E-state index contributed by atoms with van der Waals surface area (Å²) >= 11 is 5.87. The van der Waals surface area contributed by atoms with Crippen LogP contribution in [0.15, 0.2) is 48.0 Å². The van der Waals surface area contributed by atoms with Crippen molar-refractivity contribution in [2.45, 2.75) is 12.6 Å². The summed E-state index contributed by atoms with van der Waals surface area (Å²) in [7, 11) is 1.83. The van der Waals surface area contributed by atoms with E-state index in [9.17, 15) is 23.2 Å². The Hall–Kier alpha value is -3.49. The number of hydrogen-bond acceptors (Lipinski definition) is 4. The van der Waals surface area contributed by atoms with Crippen LogP contribution in [0.1, 0.15) is 17.5 Å². The molecule has 1 N–H and O–H groups in total. The molecule has 2 aromatic carbocycles. The SMILES string of the molecule is CN(CCC#N)c1ccc(C=C(C#N)C(=O)Nc2cc(C(F)(F)F)ccc2Cl)cc1. The van der Waals surface area contributed by atoms with Crippen LogP contribution in [0.5, 0.6) is 0 Å². The first kappa shape index (κ1) is 22.8. The molecule has 0 aliphatic heterocycles. The molecule has 0 fully saturated rings. The van der Waals surface area contributed by atoms with E-state index >= 15 is 0 Å². The Balaban J connectivity index is 2.20. The minimum absolute atomic E-state index is 0.0848. The lowest BCUT2D eigenvalue weighted by molar-refractivity contribution is -0.137. The predicted octanol–water partition coefficient (Wildman–Crippen LogP) is 5.25. The molecule has 0 aliphatic carbocycles. The van der Waals surface area contributed by atoms with Crippen LogP contribution >= 0.6 is 11.6 Å². The van der Waals surface area contributed by atoms with Crippen molar-refractivity contribution in [1.82, 2.24) is 0 Å². The van der Waals surface area contributed by atoms with Crippen molar-refractivity contribution in [1.29, 1.82) is 10.5 Å². The summed E-state index contributed by atoms with van der Waals surface area (Å²) in [6.45, 7) is 0.551. The molecule has 30 heavy (non-hydrogen) atoms. The number of nitrogens with one attached hydrogen (secondary N) is 1. The molecule has 0 atom stereocenters. The molecule has 0 radical (unpaired) electrons. The summed E-state index contributed by atoms with van der Waals surface area (Å²) in [5.41, 5.74) is -0.114. The Bertz CT molecular complexity index is 1030. The van der Waals surface area contributed by atoms with E-state index in [0.717, 1.165) is 17.8 Å². The number of benzene rings is 2. The molecule has 2 aromatic rings. The van der Waals surface area contributed by atoms with Gasteiger partial charge >= 0.3 is 6.18 Å². The number of hydrogen-bond donors (Lipinski definition) is 1. The lowest BCUT2D eigenvalue weighted by Gasteiger charge is -2.17. The van der Waals surface area contributed by atoms with Gasteiger partial charge in [-0.3, -0.25) is 4.79 Å². The quantitative estimate of drug-likeness (QED) is 0.499. The van der Waals surface area contributed by atoms with E-state index in [-0.39, 0.29) is 16.3 Å². The van der Waals surface area contributed by atoms with Crippen LogP contribution in [0, 0.1) is 22.7 Å². The highest BCUT2D eigenvalue weighted by Crippen LogP contribution is 2.34. The van der Waals surface area contributed by atoms with Crippen molar-refractivity contribution in [2.75, 3.05) is 23.8 Å². The van der Waals surface area contributed by atoms with E-state index in [0.29, 0.717) is 24.6 Å². The van der Waals surface area contributed by atoms with Gasteiger partial charge in [0.25, 0.3) is 5.91 Å². The summed E-state index contributed by atoms with van der Waals surface area (Å²) < 4.78 is 38.6. The van der Waals surface area contributed by atoms with Gasteiger partial charge in [-0.05, 0) is 42.0 Å². The van der Waals surface area contributed by atoms with Gasteiger partial charge in [0.1, 0.15) is 11.6 Å². The van der Waals surface area contributed by atoms with Gasteiger partial charge in [-0.1, -0.05) is 23.7 Å². The molecule has 154 valence electrons. The van der Waals surface area contributed by atoms with Crippen molar-refractivity contribution < 1.29 is 18.0 Å². The van der Waals surface area contributed by atoms with Gasteiger partial charge in [-0.2, -0.15) is 23.7 Å². The number of anilines is 2. The standard InChI is InChI=1S/C21H16ClF3N4O/c1-29(10-2-9-26)17-6-3-14(4-7-17)11-15(13-27)20(30)28-19-12-16(21(23,24)25)5-8-18(19)22/h3-8,11-12H,2,10H2,1H3,(H,28,30). The molecule has 9 heteroatoms. The normalized spacial score (nSPS) is 11.4. The first-order chi connectivity index (χ1) is 14.2. The van der Waals surface area contributed by atoms with E-state index in [1.807, 2.05) is 11.9 Å². The molecule has 0 spiro atoms. The highest BCUT2D eigenvalue weighted by molar-refractivity contribution is 6.34. The topological polar surface area (TPSA) is 79.9 Å². The summed E-state index contributed by atoms with van der Waals surface area (Å²) in [5.74, 6) is -0.881. The zero-order valence-electron chi connectivity index (χ0n) is 15.8. The van der Waals surface area contributed by atoms with Crippen LogP contribution in [-0.2, 0) is 11.0 Å². The number of carbonyl (C=O) groups excluding carboxylic acids is 1. The van der Waals surface area contributed by atoms with Gasteiger partial charge in [-0.25, -0.2) is 0 Å². The second kappa shape index (κ2) is 9.82. The number of amides is 1. The Morgan fingerprint density at radius 1 is 1.20 bits per heavy atom. The van der Waals surface area contributed by atoms with Crippen LogP contribution in [0.4, 0.5) is 24.5 Å². The van der Waals surface area contributed by atoms with Crippen LogP contribution in [0.3, 0.4) is 0 Å². The second-order valence-corrected chi connectivity index (χ2v) is 6.64. The molecule has 5 nitrogen and oxygen atoms in total.